The quantitative estimate of drug-likeness (QED) is 0.480. The second-order valence-corrected chi connectivity index (χ2v) is 11.2. The number of carbonyl (C=O) groups excluding carboxylic acids is 3. The van der Waals surface area contributed by atoms with E-state index in [1.165, 1.54) is 23.0 Å². The van der Waals surface area contributed by atoms with Gasteiger partial charge in [-0.25, -0.2) is 9.78 Å². The molecule has 1 fully saturated rings. The van der Waals surface area contributed by atoms with E-state index in [0.717, 1.165) is 23.9 Å². The third-order valence-electron chi connectivity index (χ3n) is 6.69. The summed E-state index contributed by atoms with van der Waals surface area (Å²) in [5.41, 5.74) is 3.10. The molecule has 8 nitrogen and oxygen atoms in total. The van der Waals surface area contributed by atoms with Crippen molar-refractivity contribution in [3.8, 4) is 0 Å². The number of hydrogen-bond donors (Lipinski definition) is 2. The van der Waals surface area contributed by atoms with Crippen molar-refractivity contribution >= 4 is 56.5 Å². The lowest BCUT2D eigenvalue weighted by Gasteiger charge is -2.32. The first-order chi connectivity index (χ1) is 17.2. The zero-order valence-electron chi connectivity index (χ0n) is 20.6. The second-order valence-electron chi connectivity index (χ2n) is 10.2. The standard InChI is InChI=1S/C27H29N5O3S/c1-5-20(33)31-14-6-7-17(15-31)29-24(34)23-22-21-19(12-13-28-25(21)36-23)32(26(35)30-22)18-10-8-16(9-11-18)27(2,3)4/h5,8-13,17H,1,6-7,14-15H2,2-4H3,(H,29,34)(H,30,35). The third kappa shape index (κ3) is 4.24. The molecular formula is C27H29N5O3S. The molecule has 2 aromatic heterocycles. The summed E-state index contributed by atoms with van der Waals surface area (Å²) in [5.74, 6) is -0.414. The molecule has 186 valence electrons. The molecule has 0 radical (unpaired) electrons. The summed E-state index contributed by atoms with van der Waals surface area (Å²) in [5, 5.41) is 6.74. The molecule has 2 aliphatic rings. The maximum Gasteiger partial charge on any atom is 0.331 e. The Morgan fingerprint density at radius 1 is 1.22 bits per heavy atom. The Labute approximate surface area is 214 Å². The zero-order chi connectivity index (χ0) is 25.6. The Kier molecular flexibility index (Phi) is 6.04. The average Bonchev–Trinajstić information content (AvgIpc) is 3.23. The van der Waals surface area contributed by atoms with E-state index in [1.54, 1.807) is 22.1 Å². The molecule has 0 saturated carbocycles. The topological polar surface area (TPSA) is 94.6 Å². The number of rotatable bonds is 4. The molecule has 0 bridgehead atoms. The van der Waals surface area contributed by atoms with Crippen LogP contribution in [0.1, 0.15) is 48.8 Å². The van der Waals surface area contributed by atoms with Gasteiger partial charge in [-0.1, -0.05) is 39.5 Å². The number of amides is 4. The molecule has 2 aliphatic heterocycles. The van der Waals surface area contributed by atoms with E-state index < -0.39 is 0 Å². The van der Waals surface area contributed by atoms with Crippen LogP contribution in [0.15, 0.2) is 49.2 Å². The van der Waals surface area contributed by atoms with E-state index in [4.69, 9.17) is 0 Å². The van der Waals surface area contributed by atoms with E-state index >= 15 is 0 Å². The Morgan fingerprint density at radius 3 is 2.67 bits per heavy atom. The van der Waals surface area contributed by atoms with Crippen LogP contribution in [0.25, 0.3) is 10.2 Å². The summed E-state index contributed by atoms with van der Waals surface area (Å²) in [6.45, 7) is 11.1. The number of thiophene rings is 1. The molecule has 0 spiro atoms. The first kappa shape index (κ1) is 24.0. The van der Waals surface area contributed by atoms with Crippen molar-refractivity contribution in [3.63, 3.8) is 0 Å². The molecule has 0 aliphatic carbocycles. The molecule has 9 heteroatoms. The van der Waals surface area contributed by atoms with Crippen molar-refractivity contribution in [1.29, 1.82) is 0 Å². The number of hydrogen-bond acceptors (Lipinski definition) is 5. The summed E-state index contributed by atoms with van der Waals surface area (Å²) < 4.78 is 0. The molecular weight excluding hydrogens is 474 g/mol. The van der Waals surface area contributed by atoms with Crippen LogP contribution in [0.5, 0.6) is 0 Å². The van der Waals surface area contributed by atoms with E-state index in [0.29, 0.717) is 34.2 Å². The molecule has 3 aromatic rings. The highest BCUT2D eigenvalue weighted by Crippen LogP contribution is 2.45. The van der Waals surface area contributed by atoms with E-state index in [-0.39, 0.29) is 29.3 Å². The van der Waals surface area contributed by atoms with Gasteiger partial charge in [0.1, 0.15) is 9.71 Å². The summed E-state index contributed by atoms with van der Waals surface area (Å²) in [7, 11) is 0. The van der Waals surface area contributed by atoms with Gasteiger partial charge in [0.25, 0.3) is 5.91 Å². The van der Waals surface area contributed by atoms with Gasteiger partial charge in [-0.3, -0.25) is 14.5 Å². The summed E-state index contributed by atoms with van der Waals surface area (Å²) in [4.78, 5) is 47.5. The van der Waals surface area contributed by atoms with Gasteiger partial charge in [0.2, 0.25) is 5.91 Å². The lowest BCUT2D eigenvalue weighted by molar-refractivity contribution is -0.127. The van der Waals surface area contributed by atoms with Crippen molar-refractivity contribution < 1.29 is 14.4 Å². The molecule has 1 atom stereocenters. The number of nitrogens with zero attached hydrogens (tertiary/aromatic N) is 3. The minimum atomic E-state index is -0.327. The van der Waals surface area contributed by atoms with Crippen LogP contribution >= 0.6 is 11.3 Å². The molecule has 4 amide bonds. The van der Waals surface area contributed by atoms with Gasteiger partial charge in [0.05, 0.1) is 22.4 Å². The van der Waals surface area contributed by atoms with Gasteiger partial charge in [0.15, 0.2) is 0 Å². The van der Waals surface area contributed by atoms with Crippen molar-refractivity contribution in [2.75, 3.05) is 23.3 Å². The first-order valence-corrected chi connectivity index (χ1v) is 12.8. The van der Waals surface area contributed by atoms with E-state index in [9.17, 15) is 14.4 Å². The third-order valence-corrected chi connectivity index (χ3v) is 7.78. The van der Waals surface area contributed by atoms with Gasteiger partial charge >= 0.3 is 6.03 Å². The normalized spacial score (nSPS) is 17.6. The number of likely N-dealkylation sites (tertiary alicyclic amines) is 1. The molecule has 1 aromatic carbocycles. The van der Waals surface area contributed by atoms with Crippen LogP contribution in [0.4, 0.5) is 21.9 Å². The molecule has 5 rings (SSSR count). The Bertz CT molecular complexity index is 1370. The fourth-order valence-electron chi connectivity index (χ4n) is 4.79. The minimum Gasteiger partial charge on any atom is -0.347 e. The molecule has 1 saturated heterocycles. The predicted octanol–water partition coefficient (Wildman–Crippen LogP) is 5.18. The van der Waals surface area contributed by atoms with Crippen LogP contribution in [0, 0.1) is 0 Å². The highest BCUT2D eigenvalue weighted by atomic mass is 32.1. The Hall–Kier alpha value is -3.72. The highest BCUT2D eigenvalue weighted by Gasteiger charge is 2.34. The van der Waals surface area contributed by atoms with Crippen LogP contribution in [-0.2, 0) is 10.2 Å². The Morgan fingerprint density at radius 2 is 1.97 bits per heavy atom. The molecule has 4 heterocycles. The SMILES string of the molecule is C=CC(=O)N1CCCC(NC(=O)c2sc3nccc4c3c2NC(=O)N4c2ccc(C(C)(C)C)cc2)C1. The van der Waals surface area contributed by atoms with Gasteiger partial charge in [-0.2, -0.15) is 0 Å². The fourth-order valence-corrected chi connectivity index (χ4v) is 5.81. The number of anilines is 3. The van der Waals surface area contributed by atoms with Crippen molar-refractivity contribution in [2.24, 2.45) is 0 Å². The van der Waals surface area contributed by atoms with Gasteiger partial charge < -0.3 is 15.5 Å². The monoisotopic (exact) mass is 503 g/mol. The number of benzene rings is 1. The van der Waals surface area contributed by atoms with Gasteiger partial charge in [-0.05, 0) is 48.1 Å². The van der Waals surface area contributed by atoms with E-state index in [2.05, 4.69) is 43.0 Å². The van der Waals surface area contributed by atoms with Crippen molar-refractivity contribution in [1.82, 2.24) is 15.2 Å². The van der Waals surface area contributed by atoms with E-state index in [1.807, 2.05) is 24.3 Å². The maximum absolute atomic E-state index is 13.3. The van der Waals surface area contributed by atoms with Crippen molar-refractivity contribution in [3.05, 3.63) is 59.6 Å². The molecule has 1 unspecified atom stereocenters. The van der Waals surface area contributed by atoms with Crippen LogP contribution in [-0.4, -0.2) is 46.9 Å². The zero-order valence-corrected chi connectivity index (χ0v) is 21.4. The fraction of sp³-hybridized carbons (Fsp3) is 0.333. The van der Waals surface area contributed by atoms with Gasteiger partial charge in [0, 0.05) is 25.3 Å². The number of piperidine rings is 1. The lowest BCUT2D eigenvalue weighted by atomic mass is 9.87. The van der Waals surface area contributed by atoms with Crippen LogP contribution < -0.4 is 15.5 Å². The van der Waals surface area contributed by atoms with Crippen LogP contribution in [0.3, 0.4) is 0 Å². The largest absolute Gasteiger partial charge is 0.347 e. The summed E-state index contributed by atoms with van der Waals surface area (Å²) >= 11 is 1.25. The smallest absolute Gasteiger partial charge is 0.331 e. The number of urea groups is 1. The number of pyridine rings is 1. The Balaban J connectivity index is 1.46. The molecule has 36 heavy (non-hydrogen) atoms. The molecule has 2 N–H and O–H groups in total. The first-order valence-electron chi connectivity index (χ1n) is 12.0. The van der Waals surface area contributed by atoms with Crippen molar-refractivity contribution in [2.45, 2.75) is 45.1 Å². The van der Waals surface area contributed by atoms with Crippen LogP contribution in [0.2, 0.25) is 0 Å². The predicted molar refractivity (Wildman–Crippen MR) is 143 cm³/mol. The van der Waals surface area contributed by atoms with Gasteiger partial charge in [-0.15, -0.1) is 11.3 Å². The minimum absolute atomic E-state index is 0.00372. The number of aromatic nitrogens is 1. The number of nitrogens with one attached hydrogen (secondary N) is 2. The summed E-state index contributed by atoms with van der Waals surface area (Å²) in [6.07, 6.45) is 4.54. The second kappa shape index (κ2) is 9.05. The highest BCUT2D eigenvalue weighted by molar-refractivity contribution is 7.21. The number of carbonyl (C=O) groups is 3. The summed E-state index contributed by atoms with van der Waals surface area (Å²) in [6, 6.07) is 9.26. The lowest BCUT2D eigenvalue weighted by Crippen LogP contribution is -2.49. The maximum atomic E-state index is 13.3. The average molecular weight is 504 g/mol.